The van der Waals surface area contributed by atoms with Crippen LogP contribution in [-0.2, 0) is 4.74 Å². The van der Waals surface area contributed by atoms with Gasteiger partial charge in [0.25, 0.3) is 0 Å². The first-order valence-corrected chi connectivity index (χ1v) is 5.99. The van der Waals surface area contributed by atoms with E-state index in [1.54, 1.807) is 0 Å². The minimum absolute atomic E-state index is 0.435. The van der Waals surface area contributed by atoms with Gasteiger partial charge in [0.15, 0.2) is 0 Å². The molecule has 1 aliphatic rings. The lowest BCUT2D eigenvalue weighted by atomic mass is 10.2. The molecule has 1 aromatic rings. The summed E-state index contributed by atoms with van der Waals surface area (Å²) in [7, 11) is 0. The third kappa shape index (κ3) is 3.80. The fourth-order valence-corrected chi connectivity index (χ4v) is 1.89. The second-order valence-corrected chi connectivity index (χ2v) is 4.11. The first kappa shape index (κ1) is 11.4. The number of ether oxygens (including phenoxy) is 1. The van der Waals surface area contributed by atoms with Crippen molar-refractivity contribution in [2.24, 2.45) is 0 Å². The molecule has 1 aromatic carbocycles. The SMILES string of the molecule is C(=C/c1ccccc1)/CNC[C@@H]1CCCO1. The summed E-state index contributed by atoms with van der Waals surface area (Å²) in [5.41, 5.74) is 1.25. The maximum Gasteiger partial charge on any atom is 0.0700 e. The Kier molecular flexibility index (Phi) is 4.59. The van der Waals surface area contributed by atoms with E-state index in [1.807, 2.05) is 6.07 Å². The highest BCUT2D eigenvalue weighted by Gasteiger charge is 2.13. The molecule has 0 aromatic heterocycles. The predicted molar refractivity (Wildman–Crippen MR) is 67.3 cm³/mol. The molecule has 0 aliphatic carbocycles. The molecule has 2 rings (SSSR count). The Morgan fingerprint density at radius 1 is 1.31 bits per heavy atom. The molecule has 0 amide bonds. The van der Waals surface area contributed by atoms with Crippen molar-refractivity contribution in [1.29, 1.82) is 0 Å². The Hall–Kier alpha value is -1.12. The Morgan fingerprint density at radius 2 is 2.19 bits per heavy atom. The van der Waals surface area contributed by atoms with E-state index in [-0.39, 0.29) is 0 Å². The summed E-state index contributed by atoms with van der Waals surface area (Å²) in [6.07, 6.45) is 7.15. The molecule has 86 valence electrons. The molecule has 0 unspecified atom stereocenters. The summed E-state index contributed by atoms with van der Waals surface area (Å²) in [5, 5.41) is 3.39. The highest BCUT2D eigenvalue weighted by Crippen LogP contribution is 2.10. The molecule has 0 saturated carbocycles. The van der Waals surface area contributed by atoms with Crippen molar-refractivity contribution in [2.45, 2.75) is 18.9 Å². The van der Waals surface area contributed by atoms with Crippen LogP contribution >= 0.6 is 0 Å². The minimum atomic E-state index is 0.435. The number of nitrogens with one attached hydrogen (secondary N) is 1. The number of rotatable bonds is 5. The third-order valence-corrected chi connectivity index (χ3v) is 2.77. The zero-order valence-electron chi connectivity index (χ0n) is 9.56. The zero-order chi connectivity index (χ0) is 11.1. The van der Waals surface area contributed by atoms with Crippen molar-refractivity contribution in [1.82, 2.24) is 5.32 Å². The number of benzene rings is 1. The fourth-order valence-electron chi connectivity index (χ4n) is 1.89. The van der Waals surface area contributed by atoms with Gasteiger partial charge in [0, 0.05) is 19.7 Å². The molecule has 1 saturated heterocycles. The summed E-state index contributed by atoms with van der Waals surface area (Å²) in [4.78, 5) is 0. The van der Waals surface area contributed by atoms with Crippen LogP contribution in [0.3, 0.4) is 0 Å². The molecule has 1 fully saturated rings. The lowest BCUT2D eigenvalue weighted by molar-refractivity contribution is 0.111. The van der Waals surface area contributed by atoms with Gasteiger partial charge in [0.1, 0.15) is 0 Å². The van der Waals surface area contributed by atoms with E-state index in [2.05, 4.69) is 41.7 Å². The second-order valence-electron chi connectivity index (χ2n) is 4.11. The van der Waals surface area contributed by atoms with Crippen LogP contribution in [0.1, 0.15) is 18.4 Å². The Balaban J connectivity index is 1.62. The van der Waals surface area contributed by atoms with Crippen LogP contribution in [0.4, 0.5) is 0 Å². The maximum absolute atomic E-state index is 5.53. The maximum atomic E-state index is 5.53. The van der Waals surface area contributed by atoms with Crippen LogP contribution in [0, 0.1) is 0 Å². The molecule has 0 radical (unpaired) electrons. The van der Waals surface area contributed by atoms with Gasteiger partial charge >= 0.3 is 0 Å². The van der Waals surface area contributed by atoms with Crippen molar-refractivity contribution < 1.29 is 4.74 Å². The van der Waals surface area contributed by atoms with Crippen LogP contribution in [0.5, 0.6) is 0 Å². The molecule has 16 heavy (non-hydrogen) atoms. The molecule has 0 spiro atoms. The summed E-state index contributed by atoms with van der Waals surface area (Å²) in [6, 6.07) is 10.4. The largest absolute Gasteiger partial charge is 0.377 e. The van der Waals surface area contributed by atoms with Crippen LogP contribution in [0.2, 0.25) is 0 Å². The van der Waals surface area contributed by atoms with Crippen molar-refractivity contribution in [2.75, 3.05) is 19.7 Å². The number of hydrogen-bond acceptors (Lipinski definition) is 2. The van der Waals surface area contributed by atoms with Gasteiger partial charge in [-0.25, -0.2) is 0 Å². The van der Waals surface area contributed by atoms with Crippen LogP contribution in [-0.4, -0.2) is 25.8 Å². The summed E-state index contributed by atoms with van der Waals surface area (Å²) >= 11 is 0. The van der Waals surface area contributed by atoms with Crippen LogP contribution in [0.25, 0.3) is 6.08 Å². The normalized spacial score (nSPS) is 20.6. The van der Waals surface area contributed by atoms with Gasteiger partial charge in [-0.05, 0) is 18.4 Å². The summed E-state index contributed by atoms with van der Waals surface area (Å²) < 4.78 is 5.53. The molecule has 0 bridgehead atoms. The Bertz CT molecular complexity index is 315. The topological polar surface area (TPSA) is 21.3 Å². The van der Waals surface area contributed by atoms with Crippen molar-refractivity contribution in [3.8, 4) is 0 Å². The molecule has 1 atom stereocenters. The molecule has 1 N–H and O–H groups in total. The van der Waals surface area contributed by atoms with Gasteiger partial charge in [-0.1, -0.05) is 42.5 Å². The van der Waals surface area contributed by atoms with Crippen LogP contribution < -0.4 is 5.32 Å². The molecular formula is C14H19NO. The second kappa shape index (κ2) is 6.46. The van der Waals surface area contributed by atoms with E-state index in [9.17, 15) is 0 Å². The zero-order valence-corrected chi connectivity index (χ0v) is 9.56. The van der Waals surface area contributed by atoms with Gasteiger partial charge in [-0.15, -0.1) is 0 Å². The Labute approximate surface area is 97.3 Å². The minimum Gasteiger partial charge on any atom is -0.377 e. The molecule has 1 heterocycles. The van der Waals surface area contributed by atoms with Crippen molar-refractivity contribution >= 4 is 6.08 Å². The van der Waals surface area contributed by atoms with E-state index in [1.165, 1.54) is 18.4 Å². The fraction of sp³-hybridized carbons (Fsp3) is 0.429. The van der Waals surface area contributed by atoms with Gasteiger partial charge in [0.2, 0.25) is 0 Å². The predicted octanol–water partition coefficient (Wildman–Crippen LogP) is 2.47. The van der Waals surface area contributed by atoms with E-state index in [0.29, 0.717) is 6.10 Å². The summed E-state index contributed by atoms with van der Waals surface area (Å²) in [6.45, 7) is 2.82. The summed E-state index contributed by atoms with van der Waals surface area (Å²) in [5.74, 6) is 0. The molecule has 2 heteroatoms. The van der Waals surface area contributed by atoms with Gasteiger partial charge in [-0.3, -0.25) is 0 Å². The standard InChI is InChI=1S/C14H19NO/c1-2-6-13(7-3-1)8-4-10-15-12-14-9-5-11-16-14/h1-4,6-8,14-15H,5,9-12H2/b8-4-/t14-/m0/s1. The molecular weight excluding hydrogens is 198 g/mol. The lowest BCUT2D eigenvalue weighted by Crippen LogP contribution is -2.26. The first-order valence-electron chi connectivity index (χ1n) is 5.99. The highest BCUT2D eigenvalue weighted by atomic mass is 16.5. The van der Waals surface area contributed by atoms with Gasteiger partial charge in [0.05, 0.1) is 6.10 Å². The van der Waals surface area contributed by atoms with Crippen LogP contribution in [0.15, 0.2) is 36.4 Å². The molecule has 2 nitrogen and oxygen atoms in total. The average Bonchev–Trinajstić information content (AvgIpc) is 2.83. The number of hydrogen-bond donors (Lipinski definition) is 1. The van der Waals surface area contributed by atoms with E-state index < -0.39 is 0 Å². The highest BCUT2D eigenvalue weighted by molar-refractivity contribution is 5.48. The third-order valence-electron chi connectivity index (χ3n) is 2.77. The average molecular weight is 217 g/mol. The smallest absolute Gasteiger partial charge is 0.0700 e. The van der Waals surface area contributed by atoms with Crippen molar-refractivity contribution in [3.63, 3.8) is 0 Å². The quantitative estimate of drug-likeness (QED) is 0.765. The lowest BCUT2D eigenvalue weighted by Gasteiger charge is -2.08. The van der Waals surface area contributed by atoms with Crippen molar-refractivity contribution in [3.05, 3.63) is 42.0 Å². The van der Waals surface area contributed by atoms with E-state index in [4.69, 9.17) is 4.74 Å². The van der Waals surface area contributed by atoms with Gasteiger partial charge < -0.3 is 10.1 Å². The Morgan fingerprint density at radius 3 is 2.94 bits per heavy atom. The van der Waals surface area contributed by atoms with Gasteiger partial charge in [-0.2, -0.15) is 0 Å². The molecule has 1 aliphatic heterocycles. The monoisotopic (exact) mass is 217 g/mol. The van der Waals surface area contributed by atoms with E-state index >= 15 is 0 Å². The van der Waals surface area contributed by atoms with E-state index in [0.717, 1.165) is 19.7 Å². The first-order chi connectivity index (χ1) is 7.95.